The molecule has 0 aliphatic rings. The molecule has 0 saturated carbocycles. The third-order valence-corrected chi connectivity index (χ3v) is 4.82. The van der Waals surface area contributed by atoms with Crippen LogP contribution in [0.1, 0.15) is 6.42 Å². The van der Waals surface area contributed by atoms with Gasteiger partial charge in [0.1, 0.15) is 4.90 Å². The van der Waals surface area contributed by atoms with Gasteiger partial charge in [0.2, 0.25) is 0 Å². The van der Waals surface area contributed by atoms with Crippen molar-refractivity contribution in [1.82, 2.24) is 15.1 Å². The van der Waals surface area contributed by atoms with E-state index < -0.39 is 10.0 Å². The molecule has 0 radical (unpaired) electrons. The lowest BCUT2D eigenvalue weighted by atomic mass is 10.3. The van der Waals surface area contributed by atoms with Crippen LogP contribution in [0.15, 0.2) is 41.6 Å². The number of benzene rings is 1. The maximum Gasteiger partial charge on any atom is 0.265 e. The van der Waals surface area contributed by atoms with Crippen LogP contribution in [0, 0.1) is 3.57 Å². The lowest BCUT2D eigenvalue weighted by Crippen LogP contribution is -2.13. The first-order chi connectivity index (χ1) is 10.0. The van der Waals surface area contributed by atoms with Gasteiger partial charge in [-0.15, -0.1) is 0 Å². The summed E-state index contributed by atoms with van der Waals surface area (Å²) in [5.41, 5.74) is 0.546. The monoisotopic (exact) mass is 420 g/mol. The van der Waals surface area contributed by atoms with Crippen LogP contribution in [0.5, 0.6) is 0 Å². The van der Waals surface area contributed by atoms with Crippen LogP contribution in [-0.4, -0.2) is 31.8 Å². The highest BCUT2D eigenvalue weighted by Gasteiger charge is 2.16. The van der Waals surface area contributed by atoms with E-state index in [-0.39, 0.29) is 4.90 Å². The normalized spacial score (nSPS) is 11.5. The van der Waals surface area contributed by atoms with Crippen LogP contribution in [0.4, 0.5) is 5.69 Å². The Morgan fingerprint density at radius 3 is 2.90 bits per heavy atom. The Kier molecular flexibility index (Phi) is 5.59. The maximum atomic E-state index is 12.3. The number of hydrogen-bond donors (Lipinski definition) is 2. The predicted octanol–water partition coefficient (Wildman–Crippen LogP) is 1.90. The topological polar surface area (TPSA) is 76.0 Å². The number of hydrogen-bond acceptors (Lipinski definition) is 4. The molecule has 0 aliphatic heterocycles. The Bertz CT molecular complexity index is 700. The van der Waals surface area contributed by atoms with E-state index in [9.17, 15) is 8.42 Å². The van der Waals surface area contributed by atoms with E-state index in [4.69, 9.17) is 0 Å². The molecule has 114 valence electrons. The van der Waals surface area contributed by atoms with Gasteiger partial charge >= 0.3 is 0 Å². The number of rotatable bonds is 7. The molecule has 0 atom stereocenters. The Labute approximate surface area is 138 Å². The Balaban J connectivity index is 2.09. The highest BCUT2D eigenvalue weighted by atomic mass is 127. The summed E-state index contributed by atoms with van der Waals surface area (Å²) in [6.45, 7) is 1.54. The van der Waals surface area contributed by atoms with Gasteiger partial charge in [-0.2, -0.15) is 5.10 Å². The largest absolute Gasteiger partial charge is 0.320 e. The van der Waals surface area contributed by atoms with Gasteiger partial charge in [0, 0.05) is 22.0 Å². The third kappa shape index (κ3) is 4.68. The lowest BCUT2D eigenvalue weighted by molar-refractivity contribution is 0.561. The number of aryl methyl sites for hydroxylation is 1. The number of nitrogens with zero attached hydrogens (tertiary/aromatic N) is 2. The van der Waals surface area contributed by atoms with E-state index in [1.165, 1.54) is 6.20 Å². The Hall–Kier alpha value is -1.13. The van der Waals surface area contributed by atoms with Crippen molar-refractivity contribution < 1.29 is 8.42 Å². The van der Waals surface area contributed by atoms with Crippen molar-refractivity contribution in [2.45, 2.75) is 17.9 Å². The predicted molar refractivity (Wildman–Crippen MR) is 90.7 cm³/mol. The zero-order valence-electron chi connectivity index (χ0n) is 11.6. The van der Waals surface area contributed by atoms with E-state index in [0.717, 1.165) is 16.5 Å². The first kappa shape index (κ1) is 16.2. The molecule has 2 N–H and O–H groups in total. The van der Waals surface area contributed by atoms with Crippen molar-refractivity contribution in [3.63, 3.8) is 0 Å². The van der Waals surface area contributed by atoms with Crippen LogP contribution < -0.4 is 10.0 Å². The zero-order valence-corrected chi connectivity index (χ0v) is 14.6. The van der Waals surface area contributed by atoms with E-state index in [1.807, 2.05) is 13.1 Å². The fraction of sp³-hybridized carbons (Fsp3) is 0.308. The molecule has 6 nitrogen and oxygen atoms in total. The Morgan fingerprint density at radius 2 is 2.19 bits per heavy atom. The SMILES string of the molecule is CNCCCn1cc(S(=O)(=O)Nc2cccc(I)c2)cn1. The highest BCUT2D eigenvalue weighted by molar-refractivity contribution is 14.1. The average Bonchev–Trinajstić information content (AvgIpc) is 2.88. The summed E-state index contributed by atoms with van der Waals surface area (Å²) in [6, 6.07) is 7.20. The van der Waals surface area contributed by atoms with Gasteiger partial charge in [0.15, 0.2) is 0 Å². The fourth-order valence-corrected chi connectivity index (χ4v) is 3.33. The molecule has 0 aliphatic carbocycles. The molecule has 0 saturated heterocycles. The summed E-state index contributed by atoms with van der Waals surface area (Å²) in [7, 11) is -1.71. The summed E-state index contributed by atoms with van der Waals surface area (Å²) in [6.07, 6.45) is 3.81. The quantitative estimate of drug-likeness (QED) is 0.530. The summed E-state index contributed by atoms with van der Waals surface area (Å²) in [5, 5.41) is 7.12. The van der Waals surface area contributed by atoms with Crippen LogP contribution >= 0.6 is 22.6 Å². The van der Waals surface area contributed by atoms with Crippen LogP contribution in [0.3, 0.4) is 0 Å². The van der Waals surface area contributed by atoms with Crippen molar-refractivity contribution in [3.05, 3.63) is 40.2 Å². The zero-order chi connectivity index (χ0) is 15.3. The molecule has 2 aromatic rings. The van der Waals surface area contributed by atoms with Crippen molar-refractivity contribution in [2.75, 3.05) is 18.3 Å². The van der Waals surface area contributed by atoms with E-state index in [1.54, 1.807) is 29.1 Å². The molecular weight excluding hydrogens is 403 g/mol. The van der Waals surface area contributed by atoms with Crippen LogP contribution in [0.2, 0.25) is 0 Å². The number of anilines is 1. The summed E-state index contributed by atoms with van der Waals surface area (Å²) in [4.78, 5) is 0.172. The molecule has 0 amide bonds. The van der Waals surface area contributed by atoms with E-state index >= 15 is 0 Å². The molecule has 0 bridgehead atoms. The van der Waals surface area contributed by atoms with Crippen molar-refractivity contribution >= 4 is 38.3 Å². The number of aromatic nitrogens is 2. The van der Waals surface area contributed by atoms with Crippen LogP contribution in [0.25, 0.3) is 0 Å². The fourth-order valence-electron chi connectivity index (χ4n) is 1.79. The second kappa shape index (κ2) is 7.23. The highest BCUT2D eigenvalue weighted by Crippen LogP contribution is 2.17. The standard InChI is InChI=1S/C13H17IN4O2S/c1-15-6-3-7-18-10-13(9-16-18)21(19,20)17-12-5-2-4-11(14)8-12/h2,4-5,8-10,15,17H,3,6-7H2,1H3. The molecule has 0 unspecified atom stereocenters. The maximum absolute atomic E-state index is 12.3. The van der Waals surface area contributed by atoms with Gasteiger partial charge in [-0.3, -0.25) is 9.40 Å². The lowest BCUT2D eigenvalue weighted by Gasteiger charge is -2.06. The third-order valence-electron chi connectivity index (χ3n) is 2.81. The van der Waals surface area contributed by atoms with Crippen molar-refractivity contribution in [3.8, 4) is 0 Å². The van der Waals surface area contributed by atoms with Gasteiger partial charge in [-0.25, -0.2) is 8.42 Å². The minimum Gasteiger partial charge on any atom is -0.320 e. The first-order valence-corrected chi connectivity index (χ1v) is 9.03. The molecule has 0 spiro atoms. The number of sulfonamides is 1. The summed E-state index contributed by atoms with van der Waals surface area (Å²) in [5.74, 6) is 0. The van der Waals surface area contributed by atoms with Gasteiger partial charge in [0.25, 0.3) is 10.0 Å². The molecule has 1 aromatic carbocycles. The molecule has 2 rings (SSSR count). The number of nitrogens with one attached hydrogen (secondary N) is 2. The van der Waals surface area contributed by atoms with E-state index in [0.29, 0.717) is 12.2 Å². The molecule has 8 heteroatoms. The van der Waals surface area contributed by atoms with Gasteiger partial charge in [-0.1, -0.05) is 6.07 Å². The molecule has 1 heterocycles. The second-order valence-corrected chi connectivity index (χ2v) is 7.44. The van der Waals surface area contributed by atoms with Crippen LogP contribution in [-0.2, 0) is 16.6 Å². The molecule has 1 aromatic heterocycles. The van der Waals surface area contributed by atoms with Gasteiger partial charge in [0.05, 0.1) is 6.20 Å². The summed E-state index contributed by atoms with van der Waals surface area (Å²) >= 11 is 2.14. The average molecular weight is 420 g/mol. The molecule has 21 heavy (non-hydrogen) atoms. The van der Waals surface area contributed by atoms with Crippen molar-refractivity contribution in [1.29, 1.82) is 0 Å². The minimum atomic E-state index is -3.59. The minimum absolute atomic E-state index is 0.172. The Morgan fingerprint density at radius 1 is 1.38 bits per heavy atom. The summed E-state index contributed by atoms with van der Waals surface area (Å²) < 4.78 is 29.7. The van der Waals surface area contributed by atoms with Gasteiger partial charge in [-0.05, 0) is 60.8 Å². The second-order valence-electron chi connectivity index (χ2n) is 4.51. The van der Waals surface area contributed by atoms with Gasteiger partial charge < -0.3 is 5.32 Å². The number of halogens is 1. The van der Waals surface area contributed by atoms with E-state index in [2.05, 4.69) is 37.7 Å². The van der Waals surface area contributed by atoms with Crippen molar-refractivity contribution in [2.24, 2.45) is 0 Å². The smallest absolute Gasteiger partial charge is 0.265 e. The molecule has 0 fully saturated rings. The molecular formula is C13H17IN4O2S. The first-order valence-electron chi connectivity index (χ1n) is 6.47.